The third-order valence-corrected chi connectivity index (χ3v) is 3.59. The van der Waals surface area contributed by atoms with Crippen LogP contribution in [0, 0.1) is 10.1 Å². The number of nitrogens with one attached hydrogen (secondary N) is 1. The summed E-state index contributed by atoms with van der Waals surface area (Å²) in [6.07, 6.45) is 0.960. The van der Waals surface area contributed by atoms with Gasteiger partial charge in [-0.1, -0.05) is 0 Å². The van der Waals surface area contributed by atoms with Crippen molar-refractivity contribution in [2.45, 2.75) is 32.9 Å². The van der Waals surface area contributed by atoms with E-state index in [4.69, 9.17) is 4.74 Å². The fourth-order valence-corrected chi connectivity index (χ4v) is 2.87. The van der Waals surface area contributed by atoms with Crippen molar-refractivity contribution >= 4 is 21.2 Å². The molecule has 0 radical (unpaired) electrons. The number of sulfone groups is 1. The standard InChI is InChI=1S/C13H20N2O5S/c1-9(2)20-13-7-11(5-6-12(13)15(16)17)14-10(3)8-21(4,18)19/h5-7,9-10,14H,8H2,1-4H3. The number of hydrogen-bond donors (Lipinski definition) is 1. The quantitative estimate of drug-likeness (QED) is 0.612. The predicted octanol–water partition coefficient (Wildman–Crippen LogP) is 2.23. The number of nitro groups is 1. The molecule has 1 unspecified atom stereocenters. The Hall–Kier alpha value is -1.83. The van der Waals surface area contributed by atoms with Crippen LogP contribution in [0.1, 0.15) is 20.8 Å². The van der Waals surface area contributed by atoms with Gasteiger partial charge in [-0.15, -0.1) is 0 Å². The van der Waals surface area contributed by atoms with Gasteiger partial charge in [-0.2, -0.15) is 0 Å². The number of hydrogen-bond acceptors (Lipinski definition) is 6. The molecule has 0 amide bonds. The summed E-state index contributed by atoms with van der Waals surface area (Å²) in [5, 5.41) is 13.9. The van der Waals surface area contributed by atoms with Crippen molar-refractivity contribution in [3.8, 4) is 5.75 Å². The second-order valence-electron chi connectivity index (χ2n) is 5.24. The van der Waals surface area contributed by atoms with E-state index in [1.165, 1.54) is 18.2 Å². The summed E-state index contributed by atoms with van der Waals surface area (Å²) in [7, 11) is -3.10. The van der Waals surface area contributed by atoms with E-state index in [1.807, 2.05) is 0 Å². The lowest BCUT2D eigenvalue weighted by atomic mass is 10.2. The molecule has 0 bridgehead atoms. The average Bonchev–Trinajstić information content (AvgIpc) is 2.24. The number of nitrogens with zero attached hydrogens (tertiary/aromatic N) is 1. The zero-order valence-corrected chi connectivity index (χ0v) is 13.3. The molecule has 0 aromatic heterocycles. The van der Waals surface area contributed by atoms with E-state index < -0.39 is 14.8 Å². The van der Waals surface area contributed by atoms with Crippen molar-refractivity contribution < 1.29 is 18.1 Å². The molecule has 7 nitrogen and oxygen atoms in total. The molecular formula is C13H20N2O5S. The second-order valence-corrected chi connectivity index (χ2v) is 7.43. The maximum Gasteiger partial charge on any atom is 0.311 e. The molecule has 1 aromatic rings. The lowest BCUT2D eigenvalue weighted by Crippen LogP contribution is -2.25. The van der Waals surface area contributed by atoms with E-state index in [1.54, 1.807) is 20.8 Å². The van der Waals surface area contributed by atoms with E-state index in [2.05, 4.69) is 5.32 Å². The van der Waals surface area contributed by atoms with Crippen LogP contribution in [0.3, 0.4) is 0 Å². The Kier molecular flexibility index (Phi) is 5.54. The first-order valence-electron chi connectivity index (χ1n) is 6.48. The maximum absolute atomic E-state index is 11.2. The molecule has 0 saturated carbocycles. The van der Waals surface area contributed by atoms with Crippen molar-refractivity contribution in [1.29, 1.82) is 0 Å². The summed E-state index contributed by atoms with van der Waals surface area (Å²) >= 11 is 0. The highest BCUT2D eigenvalue weighted by molar-refractivity contribution is 7.90. The summed E-state index contributed by atoms with van der Waals surface area (Å²) < 4.78 is 27.9. The van der Waals surface area contributed by atoms with Gasteiger partial charge < -0.3 is 10.1 Å². The van der Waals surface area contributed by atoms with E-state index in [-0.39, 0.29) is 29.3 Å². The molecular weight excluding hydrogens is 296 g/mol. The van der Waals surface area contributed by atoms with Crippen molar-refractivity contribution in [1.82, 2.24) is 0 Å². The molecule has 0 aliphatic rings. The topological polar surface area (TPSA) is 98.5 Å². The average molecular weight is 316 g/mol. The minimum Gasteiger partial charge on any atom is -0.484 e. The smallest absolute Gasteiger partial charge is 0.311 e. The lowest BCUT2D eigenvalue weighted by Gasteiger charge is -2.16. The summed E-state index contributed by atoms with van der Waals surface area (Å²) in [5.74, 6) is 0.135. The zero-order chi connectivity index (χ0) is 16.2. The molecule has 0 aliphatic heterocycles. The van der Waals surface area contributed by atoms with Crippen LogP contribution in [-0.2, 0) is 9.84 Å². The number of ether oxygens (including phenoxy) is 1. The van der Waals surface area contributed by atoms with Crippen LogP contribution < -0.4 is 10.1 Å². The first-order chi connectivity index (χ1) is 9.58. The van der Waals surface area contributed by atoms with Crippen molar-refractivity contribution in [3.63, 3.8) is 0 Å². The van der Waals surface area contributed by atoms with Gasteiger partial charge in [0, 0.05) is 30.1 Å². The van der Waals surface area contributed by atoms with Crippen LogP contribution in [0.5, 0.6) is 5.75 Å². The summed E-state index contributed by atoms with van der Waals surface area (Å²) in [5.41, 5.74) is 0.456. The molecule has 1 rings (SSSR count). The lowest BCUT2D eigenvalue weighted by molar-refractivity contribution is -0.386. The number of nitro benzene ring substituents is 1. The highest BCUT2D eigenvalue weighted by Crippen LogP contribution is 2.31. The second kappa shape index (κ2) is 6.75. The minimum atomic E-state index is -3.10. The number of rotatable bonds is 7. The Labute approximate surface area is 124 Å². The fourth-order valence-electron chi connectivity index (χ4n) is 1.88. The third-order valence-electron chi connectivity index (χ3n) is 2.48. The van der Waals surface area contributed by atoms with E-state index in [9.17, 15) is 18.5 Å². The maximum atomic E-state index is 11.2. The number of anilines is 1. The van der Waals surface area contributed by atoms with Gasteiger partial charge in [0.2, 0.25) is 0 Å². The van der Waals surface area contributed by atoms with Gasteiger partial charge in [-0.3, -0.25) is 10.1 Å². The first kappa shape index (κ1) is 17.2. The molecule has 8 heteroatoms. The SMILES string of the molecule is CC(CS(C)(=O)=O)Nc1ccc([N+](=O)[O-])c(OC(C)C)c1. The van der Waals surface area contributed by atoms with Gasteiger partial charge in [-0.05, 0) is 26.8 Å². The van der Waals surface area contributed by atoms with Gasteiger partial charge in [0.15, 0.2) is 5.75 Å². The van der Waals surface area contributed by atoms with Gasteiger partial charge in [0.05, 0.1) is 16.8 Å². The van der Waals surface area contributed by atoms with E-state index in [0.29, 0.717) is 5.69 Å². The third kappa shape index (κ3) is 5.99. The largest absolute Gasteiger partial charge is 0.484 e. The number of benzene rings is 1. The Bertz CT molecular complexity index is 613. The van der Waals surface area contributed by atoms with Gasteiger partial charge >= 0.3 is 5.69 Å². The van der Waals surface area contributed by atoms with Gasteiger partial charge in [0.1, 0.15) is 9.84 Å². The van der Waals surface area contributed by atoms with Crippen LogP contribution in [-0.4, -0.2) is 37.5 Å². The summed E-state index contributed by atoms with van der Waals surface area (Å²) in [6.45, 7) is 5.28. The molecule has 1 aromatic carbocycles. The Morgan fingerprint density at radius 2 is 1.95 bits per heavy atom. The molecule has 0 aliphatic carbocycles. The van der Waals surface area contributed by atoms with Crippen LogP contribution in [0.15, 0.2) is 18.2 Å². The Morgan fingerprint density at radius 1 is 1.33 bits per heavy atom. The van der Waals surface area contributed by atoms with Crippen LogP contribution in [0.4, 0.5) is 11.4 Å². The van der Waals surface area contributed by atoms with Crippen molar-refractivity contribution in [3.05, 3.63) is 28.3 Å². The first-order valence-corrected chi connectivity index (χ1v) is 8.54. The fraction of sp³-hybridized carbons (Fsp3) is 0.538. The monoisotopic (exact) mass is 316 g/mol. The van der Waals surface area contributed by atoms with E-state index in [0.717, 1.165) is 6.26 Å². The molecule has 0 spiro atoms. The normalized spacial score (nSPS) is 13.0. The van der Waals surface area contributed by atoms with Crippen LogP contribution >= 0.6 is 0 Å². The molecule has 0 fully saturated rings. The molecule has 1 N–H and O–H groups in total. The van der Waals surface area contributed by atoms with Crippen LogP contribution in [0.25, 0.3) is 0 Å². The minimum absolute atomic E-state index is 0.0235. The van der Waals surface area contributed by atoms with Crippen LogP contribution in [0.2, 0.25) is 0 Å². The molecule has 0 saturated heterocycles. The molecule has 1 atom stereocenters. The Morgan fingerprint density at radius 3 is 2.43 bits per heavy atom. The zero-order valence-electron chi connectivity index (χ0n) is 12.5. The summed E-state index contributed by atoms with van der Waals surface area (Å²) in [6, 6.07) is 4.07. The molecule has 0 heterocycles. The highest BCUT2D eigenvalue weighted by Gasteiger charge is 2.18. The van der Waals surface area contributed by atoms with Gasteiger partial charge in [-0.25, -0.2) is 8.42 Å². The van der Waals surface area contributed by atoms with E-state index >= 15 is 0 Å². The highest BCUT2D eigenvalue weighted by atomic mass is 32.2. The predicted molar refractivity (Wildman–Crippen MR) is 81.7 cm³/mol. The molecule has 21 heavy (non-hydrogen) atoms. The molecule has 118 valence electrons. The van der Waals surface area contributed by atoms with Crippen molar-refractivity contribution in [2.24, 2.45) is 0 Å². The Balaban J connectivity index is 2.97. The van der Waals surface area contributed by atoms with Gasteiger partial charge in [0.25, 0.3) is 0 Å². The summed E-state index contributed by atoms with van der Waals surface area (Å²) in [4.78, 5) is 10.4. The van der Waals surface area contributed by atoms with Crippen molar-refractivity contribution in [2.75, 3.05) is 17.3 Å².